The molecule has 306 valence electrons. The summed E-state index contributed by atoms with van der Waals surface area (Å²) in [6.07, 6.45) is -7.68. The van der Waals surface area contributed by atoms with Crippen LogP contribution in [-0.4, -0.2) is 140 Å². The minimum absolute atomic E-state index is 0.0814. The van der Waals surface area contributed by atoms with E-state index >= 15 is 0 Å². The Hall–Kier alpha value is -1.53. The Bertz CT molecular complexity index is 1450. The third kappa shape index (κ3) is 6.54. The molecule has 20 atom stereocenters. The van der Waals surface area contributed by atoms with Gasteiger partial charge in [0.1, 0.15) is 54.9 Å². The Morgan fingerprint density at radius 2 is 1.48 bits per heavy atom. The van der Waals surface area contributed by atoms with Crippen molar-refractivity contribution in [2.45, 2.75) is 166 Å². The molecule has 0 aromatic carbocycles. The van der Waals surface area contributed by atoms with Crippen LogP contribution < -0.4 is 0 Å². The van der Waals surface area contributed by atoms with Gasteiger partial charge in [0.2, 0.25) is 0 Å². The molecule has 3 heterocycles. The van der Waals surface area contributed by atoms with E-state index in [4.69, 9.17) is 23.7 Å². The number of aliphatic hydroxyl groups is 8. The second-order valence-corrected chi connectivity index (χ2v) is 17.9. The highest BCUT2D eigenvalue weighted by Gasteiger charge is 2.63. The first kappa shape index (κ1) is 40.7. The number of esters is 1. The van der Waals surface area contributed by atoms with E-state index in [9.17, 15) is 45.6 Å². The van der Waals surface area contributed by atoms with Crippen LogP contribution in [0.15, 0.2) is 22.8 Å². The molecule has 7 aliphatic rings. The zero-order chi connectivity index (χ0) is 39.0. The first-order chi connectivity index (χ1) is 25.6. The maximum absolute atomic E-state index is 12.6. The van der Waals surface area contributed by atoms with Gasteiger partial charge in [-0.1, -0.05) is 32.4 Å². The monoisotopic (exact) mass is 766 g/mol. The van der Waals surface area contributed by atoms with Gasteiger partial charge in [-0.15, -0.1) is 0 Å². The van der Waals surface area contributed by atoms with Crippen LogP contribution in [0.25, 0.3) is 0 Å². The SMILES string of the molecule is CC1=C(C)C(=O)O[C@@H]([C@@H](C)[C@H]2CC[C@H]3[C@@H]4CC=C5[C@@H](O[C@@H]6O[C@H](CO)[C@@H](O[C@@H]7O[C@H](CO)[C@@H](O)[C@H](O)[C@H]7O)[C@H](O)[C@H]6O)CC[C@H](O)[C@]5(C)[C@H]4CC[C@]23C)C1. The van der Waals surface area contributed by atoms with Crippen molar-refractivity contribution in [3.05, 3.63) is 22.8 Å². The summed E-state index contributed by atoms with van der Waals surface area (Å²) in [6, 6.07) is 0. The smallest absolute Gasteiger partial charge is 0.333 e. The van der Waals surface area contributed by atoms with Crippen molar-refractivity contribution in [1.29, 1.82) is 0 Å². The molecule has 14 heteroatoms. The lowest BCUT2D eigenvalue weighted by atomic mass is 9.46. The number of aliphatic hydroxyl groups excluding tert-OH is 8. The number of ether oxygens (including phenoxy) is 5. The molecule has 0 aromatic heterocycles. The standard InChI is InChI=1S/C40H62O14/c1-17-14-26(50-36(49)18(17)2)19(3)21-8-9-22-20-6-7-24-25(10-11-29(43)40(24,5)23(20)12-13-39(21,22)4)51-37-34(48)32(46)35(28(16-42)53-37)54-38-33(47)31(45)30(44)27(15-41)52-38/h7,19-23,25-35,37-38,41-48H,6,8-16H2,1-5H3/t19-,20-,21+,22-,23-,25-,26+,27+,28+,29-,30+,31-,32+,33+,34+,35+,37+,38-,39+,40+/m0/s1. The Kier molecular flexibility index (Phi) is 11.5. The fourth-order valence-electron chi connectivity index (χ4n) is 12.1. The molecule has 0 amide bonds. The van der Waals surface area contributed by atoms with Crippen LogP contribution in [0.1, 0.15) is 86.0 Å². The number of allylic oxidation sites excluding steroid dienone is 1. The summed E-state index contributed by atoms with van der Waals surface area (Å²) < 4.78 is 29.6. The number of carbonyl (C=O) groups excluding carboxylic acids is 1. The van der Waals surface area contributed by atoms with Gasteiger partial charge >= 0.3 is 5.97 Å². The van der Waals surface area contributed by atoms with E-state index < -0.39 is 92.2 Å². The molecule has 7 rings (SSSR count). The minimum Gasteiger partial charge on any atom is -0.458 e. The second kappa shape index (κ2) is 15.3. The van der Waals surface area contributed by atoms with E-state index in [0.717, 1.165) is 55.2 Å². The third-order valence-electron chi connectivity index (χ3n) is 15.4. The van der Waals surface area contributed by atoms with Crippen molar-refractivity contribution in [2.24, 2.45) is 40.4 Å². The van der Waals surface area contributed by atoms with Crippen molar-refractivity contribution in [3.8, 4) is 0 Å². The Labute approximate surface area is 317 Å². The maximum atomic E-state index is 12.6. The molecule has 3 aliphatic heterocycles. The average Bonchev–Trinajstić information content (AvgIpc) is 3.51. The lowest BCUT2D eigenvalue weighted by molar-refractivity contribution is -0.362. The summed E-state index contributed by atoms with van der Waals surface area (Å²) in [5.41, 5.74) is 2.30. The van der Waals surface area contributed by atoms with Crippen LogP contribution in [0.2, 0.25) is 0 Å². The van der Waals surface area contributed by atoms with Gasteiger partial charge in [-0.05, 0) is 99.4 Å². The van der Waals surface area contributed by atoms with Gasteiger partial charge in [-0.3, -0.25) is 0 Å². The molecule has 5 fully saturated rings. The quantitative estimate of drug-likeness (QED) is 0.127. The van der Waals surface area contributed by atoms with Crippen LogP contribution >= 0.6 is 0 Å². The zero-order valence-corrected chi connectivity index (χ0v) is 32.1. The molecule has 54 heavy (non-hydrogen) atoms. The van der Waals surface area contributed by atoms with Gasteiger partial charge in [0.25, 0.3) is 0 Å². The van der Waals surface area contributed by atoms with Crippen molar-refractivity contribution < 1.29 is 69.3 Å². The van der Waals surface area contributed by atoms with Gasteiger partial charge < -0.3 is 64.5 Å². The first-order valence-electron chi connectivity index (χ1n) is 20.1. The Balaban J connectivity index is 1.05. The molecule has 2 saturated heterocycles. The summed E-state index contributed by atoms with van der Waals surface area (Å²) in [5.74, 6) is 1.47. The fraction of sp³-hybridized carbons (Fsp3) is 0.875. The van der Waals surface area contributed by atoms with E-state index in [0.29, 0.717) is 30.6 Å². The highest BCUT2D eigenvalue weighted by molar-refractivity contribution is 5.89. The molecule has 14 nitrogen and oxygen atoms in total. The van der Waals surface area contributed by atoms with E-state index in [-0.39, 0.29) is 29.3 Å². The fourth-order valence-corrected chi connectivity index (χ4v) is 12.1. The highest BCUT2D eigenvalue weighted by atomic mass is 16.7. The number of rotatable bonds is 8. The van der Waals surface area contributed by atoms with E-state index in [2.05, 4.69) is 26.8 Å². The Morgan fingerprint density at radius 1 is 0.815 bits per heavy atom. The topological polar surface area (TPSA) is 225 Å². The largest absolute Gasteiger partial charge is 0.458 e. The van der Waals surface area contributed by atoms with Gasteiger partial charge in [-0.25, -0.2) is 4.79 Å². The summed E-state index contributed by atoms with van der Waals surface area (Å²) in [4.78, 5) is 12.6. The van der Waals surface area contributed by atoms with Crippen molar-refractivity contribution in [2.75, 3.05) is 13.2 Å². The van der Waals surface area contributed by atoms with Crippen molar-refractivity contribution in [3.63, 3.8) is 0 Å². The summed E-state index contributed by atoms with van der Waals surface area (Å²) in [5, 5.41) is 85.0. The molecule has 3 saturated carbocycles. The van der Waals surface area contributed by atoms with E-state index in [1.54, 1.807) is 0 Å². The van der Waals surface area contributed by atoms with Crippen molar-refractivity contribution in [1.82, 2.24) is 0 Å². The predicted molar refractivity (Wildman–Crippen MR) is 190 cm³/mol. The molecule has 0 radical (unpaired) electrons. The second-order valence-electron chi connectivity index (χ2n) is 17.9. The summed E-state index contributed by atoms with van der Waals surface area (Å²) in [6.45, 7) is 9.37. The van der Waals surface area contributed by atoms with Gasteiger partial charge in [0, 0.05) is 17.4 Å². The number of fused-ring (bicyclic) bond motifs is 5. The predicted octanol–water partition coefficient (Wildman–Crippen LogP) is 0.834. The Morgan fingerprint density at radius 3 is 2.17 bits per heavy atom. The normalized spacial score (nSPS) is 51.5. The molecular weight excluding hydrogens is 704 g/mol. The molecule has 8 N–H and O–H groups in total. The average molecular weight is 767 g/mol. The van der Waals surface area contributed by atoms with Gasteiger partial charge in [-0.2, -0.15) is 0 Å². The maximum Gasteiger partial charge on any atom is 0.333 e. The van der Waals surface area contributed by atoms with Gasteiger partial charge in [0.05, 0.1) is 25.4 Å². The number of hydrogen-bond acceptors (Lipinski definition) is 14. The molecule has 0 spiro atoms. The van der Waals surface area contributed by atoms with Crippen LogP contribution in [0.3, 0.4) is 0 Å². The van der Waals surface area contributed by atoms with Crippen LogP contribution in [0.5, 0.6) is 0 Å². The first-order valence-corrected chi connectivity index (χ1v) is 20.1. The van der Waals surface area contributed by atoms with E-state index in [1.165, 1.54) is 0 Å². The molecule has 0 aromatic rings. The molecule has 0 bridgehead atoms. The summed E-state index contributed by atoms with van der Waals surface area (Å²) in [7, 11) is 0. The van der Waals surface area contributed by atoms with Gasteiger partial charge in [0.15, 0.2) is 12.6 Å². The summed E-state index contributed by atoms with van der Waals surface area (Å²) >= 11 is 0. The van der Waals surface area contributed by atoms with E-state index in [1.807, 2.05) is 13.8 Å². The lowest BCUT2D eigenvalue weighted by Gasteiger charge is -2.60. The van der Waals surface area contributed by atoms with Crippen LogP contribution in [-0.2, 0) is 28.5 Å². The zero-order valence-electron chi connectivity index (χ0n) is 32.1. The highest BCUT2D eigenvalue weighted by Crippen LogP contribution is 2.67. The molecule has 4 aliphatic carbocycles. The number of cyclic esters (lactones) is 1. The molecular formula is C40H62O14. The number of hydrogen-bond donors (Lipinski definition) is 8. The lowest BCUT2D eigenvalue weighted by Crippen LogP contribution is -2.65. The molecule has 0 unspecified atom stereocenters. The number of carbonyl (C=O) groups is 1. The third-order valence-corrected chi connectivity index (χ3v) is 15.4. The minimum atomic E-state index is -1.76. The van der Waals surface area contributed by atoms with Crippen molar-refractivity contribution >= 4 is 5.97 Å². The van der Waals surface area contributed by atoms with Crippen LogP contribution in [0.4, 0.5) is 0 Å². The van der Waals surface area contributed by atoms with Crippen LogP contribution in [0, 0.1) is 40.4 Å².